The van der Waals surface area contributed by atoms with Crippen molar-refractivity contribution in [2.45, 2.75) is 32.1 Å². The van der Waals surface area contributed by atoms with E-state index in [4.69, 9.17) is 5.73 Å². The van der Waals surface area contributed by atoms with Crippen LogP contribution in [-0.2, 0) is 10.0 Å². The van der Waals surface area contributed by atoms with Gasteiger partial charge in [-0.05, 0) is 30.0 Å². The zero-order valence-corrected chi connectivity index (χ0v) is 13.3. The van der Waals surface area contributed by atoms with Crippen LogP contribution in [0.1, 0.15) is 32.8 Å². The van der Waals surface area contributed by atoms with Gasteiger partial charge in [-0.25, -0.2) is 17.5 Å². The molecule has 0 aliphatic carbocycles. The van der Waals surface area contributed by atoms with Crippen molar-refractivity contribution in [3.8, 4) is 11.8 Å². The van der Waals surface area contributed by atoms with Crippen LogP contribution in [0.15, 0.2) is 23.1 Å². The van der Waals surface area contributed by atoms with Crippen molar-refractivity contribution >= 4 is 10.0 Å². The highest BCUT2D eigenvalue weighted by Gasteiger charge is 2.17. The van der Waals surface area contributed by atoms with E-state index in [1.54, 1.807) is 0 Å². The van der Waals surface area contributed by atoms with Crippen LogP contribution in [0, 0.1) is 23.1 Å². The van der Waals surface area contributed by atoms with Crippen molar-refractivity contribution in [3.05, 3.63) is 29.6 Å². The maximum atomic E-state index is 13.8. The van der Waals surface area contributed by atoms with Gasteiger partial charge in [0, 0.05) is 6.54 Å². The Morgan fingerprint density at radius 1 is 1.33 bits per heavy atom. The van der Waals surface area contributed by atoms with Gasteiger partial charge in [-0.2, -0.15) is 0 Å². The van der Waals surface area contributed by atoms with Gasteiger partial charge in [-0.1, -0.05) is 32.6 Å². The summed E-state index contributed by atoms with van der Waals surface area (Å²) in [5, 5.41) is 0. The number of nitrogens with two attached hydrogens (primary N) is 1. The standard InChI is InChI=1S/C15H21FN2O2S/c1-15(2,3)8-10-18-21(19,20)13-7-6-12(5-4-9-17)14(16)11-13/h6-7,11,18H,8-10,17H2,1-3H3. The van der Waals surface area contributed by atoms with Crippen molar-refractivity contribution < 1.29 is 12.8 Å². The molecule has 0 saturated carbocycles. The maximum Gasteiger partial charge on any atom is 0.240 e. The second-order valence-electron chi connectivity index (χ2n) is 5.86. The van der Waals surface area contributed by atoms with E-state index in [9.17, 15) is 12.8 Å². The zero-order valence-electron chi connectivity index (χ0n) is 12.5. The first-order chi connectivity index (χ1) is 9.65. The molecular weight excluding hydrogens is 291 g/mol. The average Bonchev–Trinajstić information content (AvgIpc) is 2.35. The van der Waals surface area contributed by atoms with Crippen LogP contribution in [0.4, 0.5) is 4.39 Å². The lowest BCUT2D eigenvalue weighted by molar-refractivity contribution is 0.378. The van der Waals surface area contributed by atoms with Crippen LogP contribution in [-0.4, -0.2) is 21.5 Å². The van der Waals surface area contributed by atoms with Gasteiger partial charge in [-0.15, -0.1) is 0 Å². The molecule has 0 aliphatic rings. The second kappa shape index (κ2) is 7.03. The molecule has 21 heavy (non-hydrogen) atoms. The first kappa shape index (κ1) is 17.6. The summed E-state index contributed by atoms with van der Waals surface area (Å²) in [5.41, 5.74) is 5.37. The molecule has 1 aromatic carbocycles. The Kier molecular flexibility index (Phi) is 5.90. The molecule has 6 heteroatoms. The smallest absolute Gasteiger partial charge is 0.240 e. The molecule has 0 unspecified atom stereocenters. The van der Waals surface area contributed by atoms with Gasteiger partial charge in [0.15, 0.2) is 0 Å². The van der Waals surface area contributed by atoms with Crippen molar-refractivity contribution in [1.82, 2.24) is 4.72 Å². The van der Waals surface area contributed by atoms with E-state index in [2.05, 4.69) is 16.6 Å². The largest absolute Gasteiger partial charge is 0.320 e. The summed E-state index contributed by atoms with van der Waals surface area (Å²) >= 11 is 0. The Labute approximate surface area is 126 Å². The normalized spacial score (nSPS) is 11.9. The van der Waals surface area contributed by atoms with Crippen molar-refractivity contribution in [2.75, 3.05) is 13.1 Å². The maximum absolute atomic E-state index is 13.8. The van der Waals surface area contributed by atoms with Gasteiger partial charge in [0.2, 0.25) is 10.0 Å². The fraction of sp³-hybridized carbons (Fsp3) is 0.467. The minimum absolute atomic E-state index is 0.0233. The quantitative estimate of drug-likeness (QED) is 0.834. The van der Waals surface area contributed by atoms with E-state index in [1.165, 1.54) is 12.1 Å². The molecule has 0 aliphatic heterocycles. The van der Waals surface area contributed by atoms with Gasteiger partial charge in [0.25, 0.3) is 0 Å². The summed E-state index contributed by atoms with van der Waals surface area (Å²) in [5.74, 6) is 4.40. The van der Waals surface area contributed by atoms with Gasteiger partial charge in [0.1, 0.15) is 5.82 Å². The number of rotatable bonds is 4. The summed E-state index contributed by atoms with van der Waals surface area (Å²) in [7, 11) is -3.71. The Morgan fingerprint density at radius 2 is 2.00 bits per heavy atom. The molecule has 1 aromatic rings. The molecule has 4 nitrogen and oxygen atoms in total. The SMILES string of the molecule is CC(C)(C)CCNS(=O)(=O)c1ccc(C#CCN)c(F)c1. The molecule has 0 bridgehead atoms. The van der Waals surface area contributed by atoms with Crippen LogP contribution in [0.5, 0.6) is 0 Å². The minimum atomic E-state index is -3.71. The number of sulfonamides is 1. The summed E-state index contributed by atoms with van der Waals surface area (Å²) in [6.07, 6.45) is 0.689. The molecule has 0 heterocycles. The third-order valence-electron chi connectivity index (χ3n) is 2.74. The van der Waals surface area contributed by atoms with E-state index in [0.29, 0.717) is 13.0 Å². The van der Waals surface area contributed by atoms with E-state index in [1.807, 2.05) is 20.8 Å². The minimum Gasteiger partial charge on any atom is -0.320 e. The molecule has 0 radical (unpaired) electrons. The predicted molar refractivity (Wildman–Crippen MR) is 81.6 cm³/mol. The fourth-order valence-corrected chi connectivity index (χ4v) is 2.60. The summed E-state index contributed by atoms with van der Waals surface area (Å²) in [4.78, 5) is -0.104. The third-order valence-corrected chi connectivity index (χ3v) is 4.20. The monoisotopic (exact) mass is 312 g/mol. The number of hydrogen-bond donors (Lipinski definition) is 2. The lowest BCUT2D eigenvalue weighted by atomic mass is 9.93. The lowest BCUT2D eigenvalue weighted by Crippen LogP contribution is -2.27. The number of hydrogen-bond acceptors (Lipinski definition) is 3. The van der Waals surface area contributed by atoms with Crippen LogP contribution in [0.2, 0.25) is 0 Å². The van der Waals surface area contributed by atoms with E-state index >= 15 is 0 Å². The molecule has 1 rings (SSSR count). The molecule has 3 N–H and O–H groups in total. The molecule has 0 fully saturated rings. The van der Waals surface area contributed by atoms with Crippen LogP contribution in [0.25, 0.3) is 0 Å². The Bertz CT molecular complexity index is 652. The van der Waals surface area contributed by atoms with Gasteiger partial charge in [-0.3, -0.25) is 0 Å². The van der Waals surface area contributed by atoms with Crippen LogP contribution < -0.4 is 10.5 Å². The van der Waals surface area contributed by atoms with Gasteiger partial charge >= 0.3 is 0 Å². The number of benzene rings is 1. The summed E-state index contributed by atoms with van der Waals surface area (Å²) in [6, 6.07) is 3.65. The second-order valence-corrected chi connectivity index (χ2v) is 7.62. The molecule has 0 aromatic heterocycles. The molecule has 0 saturated heterocycles. The molecule has 0 amide bonds. The van der Waals surface area contributed by atoms with Crippen molar-refractivity contribution in [2.24, 2.45) is 11.1 Å². The van der Waals surface area contributed by atoms with Crippen LogP contribution >= 0.6 is 0 Å². The highest BCUT2D eigenvalue weighted by molar-refractivity contribution is 7.89. The highest BCUT2D eigenvalue weighted by atomic mass is 32.2. The van der Waals surface area contributed by atoms with E-state index < -0.39 is 15.8 Å². The molecule has 116 valence electrons. The Morgan fingerprint density at radius 3 is 2.52 bits per heavy atom. The lowest BCUT2D eigenvalue weighted by Gasteiger charge is -2.18. The summed E-state index contributed by atoms with van der Waals surface area (Å²) in [6.45, 7) is 6.49. The molecule has 0 atom stereocenters. The summed E-state index contributed by atoms with van der Waals surface area (Å²) < 4.78 is 40.4. The first-order valence-electron chi connectivity index (χ1n) is 6.64. The Balaban J connectivity index is 2.87. The third kappa shape index (κ3) is 5.84. The van der Waals surface area contributed by atoms with Crippen molar-refractivity contribution in [1.29, 1.82) is 0 Å². The Hall–Kier alpha value is -1.42. The fourth-order valence-electron chi connectivity index (χ4n) is 1.55. The van der Waals surface area contributed by atoms with E-state index in [0.717, 1.165) is 6.07 Å². The predicted octanol–water partition coefficient (Wildman–Crippen LogP) is 1.85. The molecular formula is C15H21FN2O2S. The first-order valence-corrected chi connectivity index (χ1v) is 8.12. The topological polar surface area (TPSA) is 72.2 Å². The average molecular weight is 312 g/mol. The van der Waals surface area contributed by atoms with Crippen LogP contribution in [0.3, 0.4) is 0 Å². The highest BCUT2D eigenvalue weighted by Crippen LogP contribution is 2.18. The number of halogens is 1. The molecule has 0 spiro atoms. The zero-order chi connectivity index (χ0) is 16.1. The van der Waals surface area contributed by atoms with Gasteiger partial charge in [0.05, 0.1) is 17.0 Å². The number of nitrogens with one attached hydrogen (secondary N) is 1. The van der Waals surface area contributed by atoms with E-state index in [-0.39, 0.29) is 22.4 Å². The van der Waals surface area contributed by atoms with Gasteiger partial charge < -0.3 is 5.73 Å². The van der Waals surface area contributed by atoms with Crippen molar-refractivity contribution in [3.63, 3.8) is 0 Å².